The second kappa shape index (κ2) is 4.40. The summed E-state index contributed by atoms with van der Waals surface area (Å²) in [4.78, 5) is 4.92. The van der Waals surface area contributed by atoms with Gasteiger partial charge in [0.1, 0.15) is 0 Å². The van der Waals surface area contributed by atoms with Crippen molar-refractivity contribution in [3.8, 4) is 0 Å². The molecule has 0 aromatic rings. The minimum atomic E-state index is 0.162. The quantitative estimate of drug-likeness (QED) is 0.750. The van der Waals surface area contributed by atoms with E-state index in [4.69, 9.17) is 5.73 Å². The summed E-state index contributed by atoms with van der Waals surface area (Å²) in [5, 5.41) is 0. The highest BCUT2D eigenvalue weighted by Gasteiger charge is 2.37. The van der Waals surface area contributed by atoms with Gasteiger partial charge in [-0.1, -0.05) is 0 Å². The van der Waals surface area contributed by atoms with Crippen LogP contribution < -0.4 is 5.73 Å². The van der Waals surface area contributed by atoms with E-state index in [1.807, 2.05) is 0 Å². The Labute approximate surface area is 93.6 Å². The van der Waals surface area contributed by atoms with Gasteiger partial charge in [-0.15, -0.1) is 0 Å². The second-order valence-electron chi connectivity index (χ2n) is 5.74. The number of hydrogen-bond acceptors (Lipinski definition) is 3. The van der Waals surface area contributed by atoms with Crippen LogP contribution in [0.1, 0.15) is 32.1 Å². The third-order valence-electron chi connectivity index (χ3n) is 3.94. The molecule has 15 heavy (non-hydrogen) atoms. The molecule has 1 aliphatic heterocycles. The summed E-state index contributed by atoms with van der Waals surface area (Å²) < 4.78 is 0. The SMILES string of the molecule is CN(C)CC1CCCN1CC1(N)CCC1. The maximum Gasteiger partial charge on any atom is 0.0283 e. The fourth-order valence-corrected chi connectivity index (χ4v) is 2.93. The molecule has 1 atom stereocenters. The lowest BCUT2D eigenvalue weighted by Gasteiger charge is -2.42. The van der Waals surface area contributed by atoms with Crippen LogP contribution in [0, 0.1) is 0 Å². The monoisotopic (exact) mass is 211 g/mol. The number of nitrogens with two attached hydrogens (primary N) is 1. The molecule has 2 N–H and O–H groups in total. The number of hydrogen-bond donors (Lipinski definition) is 1. The van der Waals surface area contributed by atoms with E-state index in [-0.39, 0.29) is 5.54 Å². The molecule has 0 amide bonds. The van der Waals surface area contributed by atoms with Crippen LogP contribution >= 0.6 is 0 Å². The van der Waals surface area contributed by atoms with Gasteiger partial charge in [0.2, 0.25) is 0 Å². The molecule has 0 radical (unpaired) electrons. The Hall–Kier alpha value is -0.120. The van der Waals surface area contributed by atoms with Gasteiger partial charge in [-0.3, -0.25) is 4.90 Å². The minimum absolute atomic E-state index is 0.162. The van der Waals surface area contributed by atoms with Crippen molar-refractivity contribution in [2.45, 2.75) is 43.7 Å². The third kappa shape index (κ3) is 2.71. The highest BCUT2D eigenvalue weighted by molar-refractivity contribution is 4.97. The largest absolute Gasteiger partial charge is 0.324 e. The van der Waals surface area contributed by atoms with Crippen molar-refractivity contribution in [2.24, 2.45) is 5.73 Å². The molecule has 0 spiro atoms. The van der Waals surface area contributed by atoms with E-state index in [1.165, 1.54) is 45.2 Å². The highest BCUT2D eigenvalue weighted by Crippen LogP contribution is 2.32. The van der Waals surface area contributed by atoms with Gasteiger partial charge in [-0.2, -0.15) is 0 Å². The van der Waals surface area contributed by atoms with E-state index in [1.54, 1.807) is 0 Å². The molecule has 1 unspecified atom stereocenters. The van der Waals surface area contributed by atoms with Gasteiger partial charge in [0.05, 0.1) is 0 Å². The van der Waals surface area contributed by atoms with Crippen LogP contribution in [0.5, 0.6) is 0 Å². The summed E-state index contributed by atoms with van der Waals surface area (Å²) in [6, 6.07) is 0.751. The summed E-state index contributed by atoms with van der Waals surface area (Å²) in [5.41, 5.74) is 6.48. The van der Waals surface area contributed by atoms with Crippen molar-refractivity contribution in [3.05, 3.63) is 0 Å². The number of likely N-dealkylation sites (tertiary alicyclic amines) is 1. The van der Waals surface area contributed by atoms with E-state index < -0.39 is 0 Å². The Morgan fingerprint density at radius 3 is 2.60 bits per heavy atom. The van der Waals surface area contributed by atoms with E-state index >= 15 is 0 Å². The van der Waals surface area contributed by atoms with Crippen molar-refractivity contribution < 1.29 is 0 Å². The van der Waals surface area contributed by atoms with Crippen LogP contribution in [0.25, 0.3) is 0 Å². The van der Waals surface area contributed by atoms with Crippen molar-refractivity contribution >= 4 is 0 Å². The van der Waals surface area contributed by atoms with Crippen molar-refractivity contribution in [1.82, 2.24) is 9.80 Å². The van der Waals surface area contributed by atoms with Crippen LogP contribution in [0.4, 0.5) is 0 Å². The van der Waals surface area contributed by atoms with Gasteiger partial charge in [-0.05, 0) is 52.7 Å². The Bertz CT molecular complexity index is 211. The molecule has 1 heterocycles. The van der Waals surface area contributed by atoms with Crippen molar-refractivity contribution in [2.75, 3.05) is 33.7 Å². The van der Waals surface area contributed by atoms with Crippen molar-refractivity contribution in [1.29, 1.82) is 0 Å². The fraction of sp³-hybridized carbons (Fsp3) is 1.00. The molecule has 2 fully saturated rings. The maximum absolute atomic E-state index is 6.32. The molecule has 0 bridgehead atoms. The zero-order chi connectivity index (χ0) is 10.9. The Balaban J connectivity index is 1.84. The smallest absolute Gasteiger partial charge is 0.0283 e. The number of likely N-dealkylation sites (N-methyl/N-ethyl adjacent to an activating group) is 1. The normalized spacial score (nSPS) is 30.8. The van der Waals surface area contributed by atoms with E-state index in [9.17, 15) is 0 Å². The zero-order valence-electron chi connectivity index (χ0n) is 10.2. The first-order valence-corrected chi connectivity index (χ1v) is 6.27. The molecule has 2 aliphatic rings. The number of nitrogens with zero attached hydrogens (tertiary/aromatic N) is 2. The zero-order valence-corrected chi connectivity index (χ0v) is 10.2. The average Bonchev–Trinajstić information content (AvgIpc) is 2.49. The topological polar surface area (TPSA) is 32.5 Å². The molecular formula is C12H25N3. The molecule has 3 nitrogen and oxygen atoms in total. The molecule has 1 saturated heterocycles. The fourth-order valence-electron chi connectivity index (χ4n) is 2.93. The Morgan fingerprint density at radius 1 is 1.33 bits per heavy atom. The third-order valence-corrected chi connectivity index (χ3v) is 3.94. The maximum atomic E-state index is 6.32. The molecule has 1 aliphatic carbocycles. The predicted octanol–water partition coefficient (Wildman–Crippen LogP) is 0.894. The van der Waals surface area contributed by atoms with Gasteiger partial charge in [-0.25, -0.2) is 0 Å². The van der Waals surface area contributed by atoms with Gasteiger partial charge in [0.15, 0.2) is 0 Å². The predicted molar refractivity (Wildman–Crippen MR) is 63.9 cm³/mol. The van der Waals surface area contributed by atoms with Crippen LogP contribution in [0.3, 0.4) is 0 Å². The lowest BCUT2D eigenvalue weighted by molar-refractivity contribution is 0.122. The molecule has 0 aromatic carbocycles. The molecule has 2 rings (SSSR count). The summed E-state index contributed by atoms with van der Waals surface area (Å²) in [7, 11) is 4.33. The second-order valence-corrected chi connectivity index (χ2v) is 5.74. The van der Waals surface area contributed by atoms with E-state index in [0.717, 1.165) is 12.6 Å². The lowest BCUT2D eigenvalue weighted by atomic mass is 9.77. The summed E-state index contributed by atoms with van der Waals surface area (Å²) in [6.45, 7) is 3.58. The molecular weight excluding hydrogens is 186 g/mol. The highest BCUT2D eigenvalue weighted by atomic mass is 15.2. The van der Waals surface area contributed by atoms with E-state index in [2.05, 4.69) is 23.9 Å². The Morgan fingerprint density at radius 2 is 2.07 bits per heavy atom. The molecule has 1 saturated carbocycles. The Kier molecular flexibility index (Phi) is 3.33. The van der Waals surface area contributed by atoms with Crippen LogP contribution in [-0.4, -0.2) is 55.1 Å². The lowest BCUT2D eigenvalue weighted by Crippen LogP contribution is -2.56. The van der Waals surface area contributed by atoms with Crippen LogP contribution in [-0.2, 0) is 0 Å². The van der Waals surface area contributed by atoms with Crippen LogP contribution in [0.15, 0.2) is 0 Å². The molecule has 3 heteroatoms. The summed E-state index contributed by atoms with van der Waals surface area (Å²) >= 11 is 0. The summed E-state index contributed by atoms with van der Waals surface area (Å²) in [6.07, 6.45) is 6.52. The van der Waals surface area contributed by atoms with Gasteiger partial charge in [0, 0.05) is 24.7 Å². The minimum Gasteiger partial charge on any atom is -0.324 e. The van der Waals surface area contributed by atoms with E-state index in [0.29, 0.717) is 0 Å². The van der Waals surface area contributed by atoms with Crippen LogP contribution in [0.2, 0.25) is 0 Å². The first kappa shape index (κ1) is 11.4. The van der Waals surface area contributed by atoms with Crippen molar-refractivity contribution in [3.63, 3.8) is 0 Å². The van der Waals surface area contributed by atoms with Gasteiger partial charge >= 0.3 is 0 Å². The standard InChI is InChI=1S/C12H25N3/c1-14(2)9-11-5-3-8-15(11)10-12(13)6-4-7-12/h11H,3-10,13H2,1-2H3. The van der Waals surface area contributed by atoms with Gasteiger partial charge in [0.25, 0.3) is 0 Å². The van der Waals surface area contributed by atoms with Gasteiger partial charge < -0.3 is 10.6 Å². The first-order chi connectivity index (χ1) is 7.09. The molecule has 88 valence electrons. The first-order valence-electron chi connectivity index (χ1n) is 6.27. The average molecular weight is 211 g/mol. The molecule has 0 aromatic heterocycles. The summed E-state index contributed by atoms with van der Waals surface area (Å²) in [5.74, 6) is 0. The number of rotatable bonds is 4.